The van der Waals surface area contributed by atoms with E-state index >= 15 is 0 Å². The summed E-state index contributed by atoms with van der Waals surface area (Å²) in [5.41, 5.74) is 2.90. The van der Waals surface area contributed by atoms with Gasteiger partial charge < -0.3 is 0 Å². The molecule has 24 heavy (non-hydrogen) atoms. The van der Waals surface area contributed by atoms with Crippen molar-refractivity contribution in [2.75, 3.05) is 0 Å². The first-order valence-corrected chi connectivity index (χ1v) is 9.49. The maximum atomic E-state index is 12.9. The van der Waals surface area contributed by atoms with Crippen LogP contribution in [0.15, 0.2) is 78.0 Å². The molecule has 4 heteroatoms. The molecule has 0 amide bonds. The Morgan fingerprint density at radius 1 is 0.875 bits per heavy atom. The number of nitrogens with zero attached hydrogens (tertiary/aromatic N) is 1. The SMILES string of the molecule is CC(C)Cc1ccc(-c2ccccc2S(=O)(=O)n2cccc2)cc1. The molecule has 2 aromatic carbocycles. The molecular formula is C20H21NO2S. The Kier molecular flexibility index (Phi) is 4.58. The summed E-state index contributed by atoms with van der Waals surface area (Å²) < 4.78 is 27.0. The van der Waals surface area contributed by atoms with Gasteiger partial charge in [-0.15, -0.1) is 0 Å². The van der Waals surface area contributed by atoms with Crippen molar-refractivity contribution in [3.8, 4) is 11.1 Å². The molecule has 0 bridgehead atoms. The predicted molar refractivity (Wildman–Crippen MR) is 97.4 cm³/mol. The molecule has 0 radical (unpaired) electrons. The van der Waals surface area contributed by atoms with Crippen LogP contribution in [0.25, 0.3) is 11.1 Å². The van der Waals surface area contributed by atoms with Crippen molar-refractivity contribution >= 4 is 10.0 Å². The van der Waals surface area contributed by atoms with Crippen LogP contribution in [0.3, 0.4) is 0 Å². The van der Waals surface area contributed by atoms with Crippen molar-refractivity contribution in [2.24, 2.45) is 5.92 Å². The first-order chi connectivity index (χ1) is 11.5. The van der Waals surface area contributed by atoms with Crippen LogP contribution < -0.4 is 0 Å². The zero-order valence-corrected chi connectivity index (χ0v) is 14.7. The van der Waals surface area contributed by atoms with Gasteiger partial charge in [-0.1, -0.05) is 56.3 Å². The third-order valence-electron chi connectivity index (χ3n) is 3.93. The largest absolute Gasteiger partial charge is 0.268 e. The second-order valence-corrected chi connectivity index (χ2v) is 8.12. The van der Waals surface area contributed by atoms with Crippen LogP contribution in [0.4, 0.5) is 0 Å². The van der Waals surface area contributed by atoms with Gasteiger partial charge in [0.05, 0.1) is 4.90 Å². The van der Waals surface area contributed by atoms with Crippen LogP contribution in [0, 0.1) is 5.92 Å². The third-order valence-corrected chi connectivity index (χ3v) is 5.64. The molecule has 3 rings (SSSR count). The fourth-order valence-electron chi connectivity index (χ4n) is 2.81. The minimum Gasteiger partial charge on any atom is -0.249 e. The summed E-state index contributed by atoms with van der Waals surface area (Å²) in [4.78, 5) is 0.317. The number of rotatable bonds is 5. The van der Waals surface area contributed by atoms with E-state index in [-0.39, 0.29) is 0 Å². The van der Waals surface area contributed by atoms with Crippen molar-refractivity contribution in [1.82, 2.24) is 3.97 Å². The molecule has 0 spiro atoms. The molecule has 0 saturated heterocycles. The molecule has 0 unspecified atom stereocenters. The normalized spacial score (nSPS) is 11.8. The summed E-state index contributed by atoms with van der Waals surface area (Å²) in [7, 11) is -3.59. The fourth-order valence-corrected chi connectivity index (χ4v) is 4.22. The van der Waals surface area contributed by atoms with Gasteiger partial charge in [-0.2, -0.15) is 0 Å². The van der Waals surface area contributed by atoms with Gasteiger partial charge in [-0.05, 0) is 41.7 Å². The predicted octanol–water partition coefficient (Wildman–Crippen LogP) is 4.59. The Morgan fingerprint density at radius 3 is 2.12 bits per heavy atom. The lowest BCUT2D eigenvalue weighted by atomic mass is 9.99. The average Bonchev–Trinajstić information content (AvgIpc) is 3.10. The van der Waals surface area contributed by atoms with Crippen molar-refractivity contribution < 1.29 is 8.42 Å². The second-order valence-electron chi connectivity index (χ2n) is 6.31. The van der Waals surface area contributed by atoms with Gasteiger partial charge in [0.25, 0.3) is 10.0 Å². The Morgan fingerprint density at radius 2 is 1.50 bits per heavy atom. The summed E-state index contributed by atoms with van der Waals surface area (Å²) in [6.45, 7) is 4.37. The minimum absolute atomic E-state index is 0.317. The Hall–Kier alpha value is -2.33. The summed E-state index contributed by atoms with van der Waals surface area (Å²) in [6, 6.07) is 18.7. The van der Waals surface area contributed by atoms with Crippen molar-refractivity contribution in [2.45, 2.75) is 25.2 Å². The van der Waals surface area contributed by atoms with Crippen molar-refractivity contribution in [3.63, 3.8) is 0 Å². The Labute approximate surface area is 143 Å². The maximum absolute atomic E-state index is 12.9. The van der Waals surface area contributed by atoms with Gasteiger partial charge in [0, 0.05) is 18.0 Å². The van der Waals surface area contributed by atoms with Crippen LogP contribution in [0.5, 0.6) is 0 Å². The Balaban J connectivity index is 2.04. The highest BCUT2D eigenvalue weighted by Crippen LogP contribution is 2.29. The van der Waals surface area contributed by atoms with E-state index < -0.39 is 10.0 Å². The van der Waals surface area contributed by atoms with E-state index in [1.807, 2.05) is 24.3 Å². The van der Waals surface area contributed by atoms with Crippen LogP contribution in [-0.4, -0.2) is 12.4 Å². The fraction of sp³-hybridized carbons (Fsp3) is 0.200. The molecule has 0 aliphatic carbocycles. The molecule has 0 N–H and O–H groups in total. The van der Waals surface area contributed by atoms with E-state index in [4.69, 9.17) is 0 Å². The molecule has 3 nitrogen and oxygen atoms in total. The van der Waals surface area contributed by atoms with E-state index in [2.05, 4.69) is 26.0 Å². The number of aromatic nitrogens is 1. The van der Waals surface area contributed by atoms with Gasteiger partial charge in [0.15, 0.2) is 0 Å². The Bertz CT molecular complexity index is 909. The first kappa shape index (κ1) is 16.5. The molecule has 0 atom stereocenters. The summed E-state index contributed by atoms with van der Waals surface area (Å²) in [6.07, 6.45) is 4.12. The van der Waals surface area contributed by atoms with Gasteiger partial charge in [0.2, 0.25) is 0 Å². The lowest BCUT2D eigenvalue weighted by molar-refractivity contribution is 0.588. The van der Waals surface area contributed by atoms with E-state index in [1.54, 1.807) is 36.7 Å². The van der Waals surface area contributed by atoms with E-state index in [1.165, 1.54) is 9.54 Å². The van der Waals surface area contributed by atoms with E-state index in [0.29, 0.717) is 10.8 Å². The highest BCUT2D eigenvalue weighted by atomic mass is 32.2. The molecule has 0 fully saturated rings. The molecule has 0 aliphatic heterocycles. The lowest BCUT2D eigenvalue weighted by Gasteiger charge is -2.12. The van der Waals surface area contributed by atoms with Crippen LogP contribution in [0.1, 0.15) is 19.4 Å². The molecule has 1 aromatic heterocycles. The third kappa shape index (κ3) is 3.29. The average molecular weight is 339 g/mol. The summed E-state index contributed by atoms with van der Waals surface area (Å²) in [5, 5.41) is 0. The number of hydrogen-bond acceptors (Lipinski definition) is 2. The monoisotopic (exact) mass is 339 g/mol. The van der Waals surface area contributed by atoms with Gasteiger partial charge in [-0.25, -0.2) is 12.4 Å². The van der Waals surface area contributed by atoms with Crippen LogP contribution >= 0.6 is 0 Å². The van der Waals surface area contributed by atoms with Gasteiger partial charge in [0.1, 0.15) is 0 Å². The highest BCUT2D eigenvalue weighted by molar-refractivity contribution is 7.90. The maximum Gasteiger partial charge on any atom is 0.268 e. The summed E-state index contributed by atoms with van der Waals surface area (Å²) in [5.74, 6) is 0.595. The van der Waals surface area contributed by atoms with E-state index in [0.717, 1.165) is 17.5 Å². The first-order valence-electron chi connectivity index (χ1n) is 8.05. The zero-order chi connectivity index (χ0) is 17.2. The minimum atomic E-state index is -3.59. The summed E-state index contributed by atoms with van der Waals surface area (Å²) >= 11 is 0. The molecular weight excluding hydrogens is 318 g/mol. The van der Waals surface area contributed by atoms with Crippen molar-refractivity contribution in [3.05, 3.63) is 78.6 Å². The molecule has 1 heterocycles. The quantitative estimate of drug-likeness (QED) is 0.682. The van der Waals surface area contributed by atoms with Crippen LogP contribution in [0.2, 0.25) is 0 Å². The molecule has 0 aliphatic rings. The van der Waals surface area contributed by atoms with Crippen LogP contribution in [-0.2, 0) is 16.4 Å². The lowest BCUT2D eigenvalue weighted by Crippen LogP contribution is -2.12. The van der Waals surface area contributed by atoms with Gasteiger partial charge in [-0.3, -0.25) is 0 Å². The molecule has 3 aromatic rings. The van der Waals surface area contributed by atoms with Crippen molar-refractivity contribution in [1.29, 1.82) is 0 Å². The van der Waals surface area contributed by atoms with Gasteiger partial charge >= 0.3 is 0 Å². The second kappa shape index (κ2) is 6.65. The van der Waals surface area contributed by atoms with E-state index in [9.17, 15) is 8.42 Å². The number of hydrogen-bond donors (Lipinski definition) is 0. The number of benzene rings is 2. The topological polar surface area (TPSA) is 39.1 Å². The highest BCUT2D eigenvalue weighted by Gasteiger charge is 2.20. The smallest absolute Gasteiger partial charge is 0.249 e. The molecule has 0 saturated carbocycles. The standard InChI is InChI=1S/C20H21NO2S/c1-16(2)15-17-9-11-18(12-10-17)19-7-3-4-8-20(19)24(22,23)21-13-5-6-14-21/h3-14,16H,15H2,1-2H3. The molecule has 124 valence electrons. The zero-order valence-electron chi connectivity index (χ0n) is 13.9.